The highest BCUT2D eigenvalue weighted by molar-refractivity contribution is 6.07. The van der Waals surface area contributed by atoms with Crippen LogP contribution in [0, 0.1) is 0 Å². The Bertz CT molecular complexity index is 1460. The lowest BCUT2D eigenvalue weighted by Gasteiger charge is -2.16. The summed E-state index contributed by atoms with van der Waals surface area (Å²) in [5.74, 6) is -1.93. The number of carbonyl (C=O) groups is 3. The highest BCUT2D eigenvalue weighted by atomic mass is 16.4. The van der Waals surface area contributed by atoms with Crippen LogP contribution in [-0.2, 0) is 11.2 Å². The van der Waals surface area contributed by atoms with Crippen molar-refractivity contribution < 1.29 is 19.5 Å². The van der Waals surface area contributed by atoms with Gasteiger partial charge >= 0.3 is 5.97 Å². The van der Waals surface area contributed by atoms with Gasteiger partial charge in [-0.2, -0.15) is 4.98 Å². The van der Waals surface area contributed by atoms with E-state index in [1.807, 2.05) is 0 Å². The first-order valence-electron chi connectivity index (χ1n) is 10.8. The molecule has 0 saturated carbocycles. The summed E-state index contributed by atoms with van der Waals surface area (Å²) >= 11 is 0. The van der Waals surface area contributed by atoms with E-state index in [9.17, 15) is 19.2 Å². The number of hydrogen-bond donors (Lipinski definition) is 7. The van der Waals surface area contributed by atoms with Gasteiger partial charge in [0.2, 0.25) is 5.95 Å². The number of carboxylic acid groups (broad SMARTS) is 1. The Morgan fingerprint density at radius 2 is 1.86 bits per heavy atom. The molecular weight excluding hydrogens is 472 g/mol. The van der Waals surface area contributed by atoms with Gasteiger partial charge < -0.3 is 26.5 Å². The number of nitrogens with two attached hydrogens (primary N) is 1. The molecule has 3 heterocycles. The molecule has 0 radical (unpaired) electrons. The quantitative estimate of drug-likeness (QED) is 0.151. The van der Waals surface area contributed by atoms with Crippen molar-refractivity contribution in [2.45, 2.75) is 25.3 Å². The summed E-state index contributed by atoms with van der Waals surface area (Å²) in [6, 6.07) is 7.04. The summed E-state index contributed by atoms with van der Waals surface area (Å²) < 4.78 is 0. The molecule has 0 aliphatic heterocycles. The third-order valence-electron chi connectivity index (χ3n) is 5.31. The molecule has 0 aliphatic carbocycles. The second-order valence-electron chi connectivity index (χ2n) is 7.80. The van der Waals surface area contributed by atoms with E-state index >= 15 is 0 Å². The lowest BCUT2D eigenvalue weighted by molar-refractivity contribution is -0.137. The number of nitrogen functional groups attached to an aromatic ring is 1. The maximum absolute atomic E-state index is 13.0. The molecule has 0 aliphatic rings. The number of amides is 2. The van der Waals surface area contributed by atoms with Crippen molar-refractivity contribution in [3.63, 3.8) is 0 Å². The number of benzene rings is 1. The first-order chi connectivity index (χ1) is 17.3. The van der Waals surface area contributed by atoms with Gasteiger partial charge in [0.15, 0.2) is 5.82 Å². The van der Waals surface area contributed by atoms with Crippen molar-refractivity contribution in [1.29, 1.82) is 0 Å². The molecule has 186 valence electrons. The zero-order valence-electron chi connectivity index (χ0n) is 18.7. The normalized spacial score (nSPS) is 11.8. The van der Waals surface area contributed by atoms with Crippen LogP contribution in [0.3, 0.4) is 0 Å². The smallest absolute Gasteiger partial charge is 0.303 e. The number of hydrogen-bond acceptors (Lipinski definition) is 9. The van der Waals surface area contributed by atoms with Crippen molar-refractivity contribution >= 4 is 34.8 Å². The minimum absolute atomic E-state index is 0.00569. The summed E-state index contributed by atoms with van der Waals surface area (Å²) in [6.45, 7) is 0.208. The number of anilines is 1. The van der Waals surface area contributed by atoms with E-state index < -0.39 is 23.8 Å². The molecule has 0 saturated heterocycles. The Hall–Kier alpha value is -5.08. The molecule has 1 aromatic carbocycles. The van der Waals surface area contributed by atoms with Crippen LogP contribution >= 0.6 is 0 Å². The number of nitrogens with one attached hydrogen (secondary N) is 5. The topological polar surface area (TPSA) is 238 Å². The molecule has 36 heavy (non-hydrogen) atoms. The molecule has 0 unspecified atom stereocenters. The third-order valence-corrected chi connectivity index (χ3v) is 5.31. The predicted octanol–water partition coefficient (Wildman–Crippen LogP) is -0.345. The lowest BCUT2D eigenvalue weighted by Crippen LogP contribution is -2.33. The lowest BCUT2D eigenvalue weighted by atomic mass is 10.0. The van der Waals surface area contributed by atoms with Crippen LogP contribution in [0.15, 0.2) is 35.1 Å². The molecule has 0 bridgehead atoms. The van der Waals surface area contributed by atoms with E-state index in [2.05, 4.69) is 46.2 Å². The van der Waals surface area contributed by atoms with Crippen molar-refractivity contribution in [2.24, 2.45) is 0 Å². The molecule has 0 spiro atoms. The van der Waals surface area contributed by atoms with Crippen molar-refractivity contribution in [3.05, 3.63) is 63.3 Å². The van der Waals surface area contributed by atoms with Gasteiger partial charge in [0.05, 0.1) is 22.6 Å². The van der Waals surface area contributed by atoms with Crippen LogP contribution in [0.4, 0.5) is 5.95 Å². The van der Waals surface area contributed by atoms with Gasteiger partial charge in [-0.1, -0.05) is 12.1 Å². The van der Waals surface area contributed by atoms with E-state index in [0.29, 0.717) is 23.1 Å². The van der Waals surface area contributed by atoms with Gasteiger partial charge in [-0.25, -0.2) is 5.10 Å². The number of tetrazole rings is 1. The largest absolute Gasteiger partial charge is 0.481 e. The standard InChI is InChI=1S/C21H22N10O5/c22-21-26-16-13(20(36)27-21)9-10(24-16)7-8-23-18(34)11-3-1-2-4-12(11)19(35)25-14(5-6-15(32)33)17-28-30-31-29-17/h1-4,9,14H,5-8H2,(H,23,34)(H,25,35)(H,32,33)(H,28,29,30,31)(H4,22,24,26,27,36)/t14-/m0/s1. The van der Waals surface area contributed by atoms with Gasteiger partial charge in [0.1, 0.15) is 5.65 Å². The fraction of sp³-hybridized carbons (Fsp3) is 0.238. The Morgan fingerprint density at radius 3 is 2.56 bits per heavy atom. The number of nitrogens with zero attached hydrogens (tertiary/aromatic N) is 4. The van der Waals surface area contributed by atoms with E-state index in [1.54, 1.807) is 18.2 Å². The van der Waals surface area contributed by atoms with E-state index in [0.717, 1.165) is 0 Å². The van der Waals surface area contributed by atoms with Crippen molar-refractivity contribution in [3.8, 4) is 0 Å². The van der Waals surface area contributed by atoms with E-state index in [1.165, 1.54) is 12.1 Å². The molecule has 4 rings (SSSR count). The monoisotopic (exact) mass is 494 g/mol. The number of carbonyl (C=O) groups excluding carboxylic acids is 2. The number of fused-ring (bicyclic) bond motifs is 1. The Labute approximate surface area is 201 Å². The van der Waals surface area contributed by atoms with Crippen molar-refractivity contribution in [1.82, 2.24) is 46.2 Å². The first kappa shape index (κ1) is 24.1. The van der Waals surface area contributed by atoms with Crippen LogP contribution in [0.5, 0.6) is 0 Å². The van der Waals surface area contributed by atoms with Crippen LogP contribution in [-0.4, -0.2) is 65.0 Å². The number of aromatic amines is 3. The molecule has 15 nitrogen and oxygen atoms in total. The average molecular weight is 494 g/mol. The summed E-state index contributed by atoms with van der Waals surface area (Å²) in [7, 11) is 0. The minimum Gasteiger partial charge on any atom is -0.481 e. The van der Waals surface area contributed by atoms with Gasteiger partial charge in [-0.05, 0) is 35.0 Å². The number of aliphatic carboxylic acids is 1. The number of rotatable bonds is 10. The van der Waals surface area contributed by atoms with Gasteiger partial charge in [-0.15, -0.1) is 5.10 Å². The van der Waals surface area contributed by atoms with E-state index in [-0.39, 0.29) is 47.8 Å². The molecule has 4 aromatic rings. The van der Waals surface area contributed by atoms with Crippen molar-refractivity contribution in [2.75, 3.05) is 12.3 Å². The Kier molecular flexibility index (Phi) is 6.99. The second-order valence-corrected chi connectivity index (χ2v) is 7.80. The molecule has 15 heteroatoms. The fourth-order valence-corrected chi connectivity index (χ4v) is 3.61. The predicted molar refractivity (Wildman–Crippen MR) is 125 cm³/mol. The number of carboxylic acids is 1. The van der Waals surface area contributed by atoms with Gasteiger partial charge in [0.25, 0.3) is 17.4 Å². The first-order valence-corrected chi connectivity index (χ1v) is 10.8. The minimum atomic E-state index is -1.04. The van der Waals surface area contributed by atoms with E-state index in [4.69, 9.17) is 10.8 Å². The molecule has 2 amide bonds. The zero-order chi connectivity index (χ0) is 25.7. The Balaban J connectivity index is 1.43. The summed E-state index contributed by atoms with van der Waals surface area (Å²) in [5, 5.41) is 28.0. The summed E-state index contributed by atoms with van der Waals surface area (Å²) in [6.07, 6.45) is 0.182. The molecule has 3 aromatic heterocycles. The highest BCUT2D eigenvalue weighted by Crippen LogP contribution is 2.17. The summed E-state index contributed by atoms with van der Waals surface area (Å²) in [4.78, 5) is 58.3. The highest BCUT2D eigenvalue weighted by Gasteiger charge is 2.23. The zero-order valence-corrected chi connectivity index (χ0v) is 18.7. The molecule has 8 N–H and O–H groups in total. The average Bonchev–Trinajstić information content (AvgIpc) is 3.52. The molecule has 0 fully saturated rings. The SMILES string of the molecule is Nc1nc2[nH]c(CCNC(=O)c3ccccc3C(=O)N[C@@H](CCC(=O)O)c3nnn[nH]3)cc2c(=O)[nH]1. The maximum Gasteiger partial charge on any atom is 0.303 e. The van der Waals surface area contributed by atoms with Crippen LogP contribution in [0.2, 0.25) is 0 Å². The second kappa shape index (κ2) is 10.5. The molecule has 1 atom stereocenters. The van der Waals surface area contributed by atoms with Crippen LogP contribution in [0.25, 0.3) is 11.0 Å². The van der Waals surface area contributed by atoms with Crippen LogP contribution < -0.4 is 21.9 Å². The van der Waals surface area contributed by atoms with Crippen LogP contribution in [0.1, 0.15) is 51.1 Å². The number of aromatic nitrogens is 7. The maximum atomic E-state index is 13.0. The molecular formula is C21H22N10O5. The Morgan fingerprint density at radius 1 is 1.11 bits per heavy atom. The number of H-pyrrole nitrogens is 3. The van der Waals surface area contributed by atoms with Gasteiger partial charge in [-0.3, -0.25) is 24.2 Å². The van der Waals surface area contributed by atoms with Gasteiger partial charge in [0, 0.05) is 25.1 Å². The third kappa shape index (κ3) is 5.52. The summed E-state index contributed by atoms with van der Waals surface area (Å²) in [5.41, 5.74) is 6.42. The fourth-order valence-electron chi connectivity index (χ4n) is 3.61.